The highest BCUT2D eigenvalue weighted by molar-refractivity contribution is 6.31. The lowest BCUT2D eigenvalue weighted by atomic mass is 10.2. The minimum absolute atomic E-state index is 0. The lowest BCUT2D eigenvalue weighted by Gasteiger charge is -2.08. The maximum atomic E-state index is 13.4. The summed E-state index contributed by atoms with van der Waals surface area (Å²) in [5, 5.41) is 0.423. The Morgan fingerprint density at radius 2 is 1.89 bits per heavy atom. The first-order chi connectivity index (χ1) is 8.61. The average Bonchev–Trinajstić information content (AvgIpc) is 2.35. The van der Waals surface area contributed by atoms with Crippen molar-refractivity contribution in [3.63, 3.8) is 0 Å². The largest absolute Gasteiger partial charge is 0.454 e. The predicted octanol–water partition coefficient (Wildman–Crippen LogP) is 4.29. The summed E-state index contributed by atoms with van der Waals surface area (Å²) in [5.74, 6) is -1.86. The topological polar surface area (TPSA) is 35.2 Å². The summed E-state index contributed by atoms with van der Waals surface area (Å²) in [5.41, 5.74) is 6.22. The number of halogens is 4. The second-order valence-corrected chi connectivity index (χ2v) is 4.02. The molecule has 0 aliphatic rings. The van der Waals surface area contributed by atoms with E-state index in [1.165, 1.54) is 18.2 Å². The third-order valence-corrected chi connectivity index (χ3v) is 2.74. The van der Waals surface area contributed by atoms with Gasteiger partial charge < -0.3 is 10.5 Å². The van der Waals surface area contributed by atoms with E-state index in [0.29, 0.717) is 17.3 Å². The predicted molar refractivity (Wildman–Crippen MR) is 73.0 cm³/mol. The fourth-order valence-electron chi connectivity index (χ4n) is 1.45. The summed E-state index contributed by atoms with van der Waals surface area (Å²) < 4.78 is 31.6. The zero-order valence-corrected chi connectivity index (χ0v) is 11.3. The molecule has 0 spiro atoms. The quantitative estimate of drug-likeness (QED) is 0.918. The van der Waals surface area contributed by atoms with E-state index in [-0.39, 0.29) is 18.2 Å². The Hall–Kier alpha value is -1.36. The maximum Gasteiger partial charge on any atom is 0.201 e. The highest BCUT2D eigenvalue weighted by Gasteiger charge is 2.10. The first-order valence-electron chi connectivity index (χ1n) is 5.22. The van der Waals surface area contributed by atoms with Crippen molar-refractivity contribution in [3.8, 4) is 11.5 Å². The molecule has 2 aromatic carbocycles. The van der Waals surface area contributed by atoms with Crippen LogP contribution in [0.4, 0.5) is 8.78 Å². The number of ether oxygens (including phenoxy) is 1. The fraction of sp³-hybridized carbons (Fsp3) is 0.0769. The van der Waals surface area contributed by atoms with Gasteiger partial charge in [0.05, 0.1) is 0 Å². The molecule has 2 aromatic rings. The standard InChI is InChI=1S/C13H10ClF2NO.ClH/c14-10-6-9(5-4-8(10)7-17)18-12-3-1-2-11(15)13(12)16;/h1-6H,7,17H2;1H. The summed E-state index contributed by atoms with van der Waals surface area (Å²) in [6, 6.07) is 8.50. The van der Waals surface area contributed by atoms with Gasteiger partial charge in [-0.2, -0.15) is 4.39 Å². The van der Waals surface area contributed by atoms with Crippen LogP contribution in [-0.2, 0) is 6.54 Å². The first kappa shape index (κ1) is 15.7. The van der Waals surface area contributed by atoms with Crippen LogP contribution in [-0.4, -0.2) is 0 Å². The molecular weight excluding hydrogens is 295 g/mol. The minimum atomic E-state index is -1.03. The first-order valence-corrected chi connectivity index (χ1v) is 5.60. The van der Waals surface area contributed by atoms with Crippen molar-refractivity contribution in [1.82, 2.24) is 0 Å². The lowest BCUT2D eigenvalue weighted by molar-refractivity contribution is 0.416. The van der Waals surface area contributed by atoms with Crippen LogP contribution < -0.4 is 10.5 Å². The van der Waals surface area contributed by atoms with Gasteiger partial charge in [0.2, 0.25) is 5.82 Å². The Labute approximate surface area is 120 Å². The molecule has 0 bridgehead atoms. The average molecular weight is 306 g/mol. The molecule has 2 nitrogen and oxygen atoms in total. The van der Waals surface area contributed by atoms with Gasteiger partial charge in [0.15, 0.2) is 11.6 Å². The number of nitrogens with two attached hydrogens (primary N) is 1. The van der Waals surface area contributed by atoms with E-state index in [2.05, 4.69) is 0 Å². The molecule has 0 unspecified atom stereocenters. The van der Waals surface area contributed by atoms with Crippen LogP contribution in [0.2, 0.25) is 5.02 Å². The van der Waals surface area contributed by atoms with Crippen LogP contribution in [0, 0.1) is 11.6 Å². The Kier molecular flexibility index (Phi) is 5.54. The van der Waals surface area contributed by atoms with Crippen molar-refractivity contribution in [2.75, 3.05) is 0 Å². The van der Waals surface area contributed by atoms with Crippen LogP contribution in [0.1, 0.15) is 5.56 Å². The molecule has 0 saturated carbocycles. The highest BCUT2D eigenvalue weighted by atomic mass is 35.5. The summed E-state index contributed by atoms with van der Waals surface area (Å²) in [4.78, 5) is 0. The van der Waals surface area contributed by atoms with Gasteiger partial charge in [-0.25, -0.2) is 4.39 Å². The molecule has 0 radical (unpaired) electrons. The van der Waals surface area contributed by atoms with Crippen molar-refractivity contribution in [2.24, 2.45) is 5.73 Å². The van der Waals surface area contributed by atoms with E-state index in [1.54, 1.807) is 12.1 Å². The van der Waals surface area contributed by atoms with Gasteiger partial charge in [-0.05, 0) is 29.8 Å². The summed E-state index contributed by atoms with van der Waals surface area (Å²) in [7, 11) is 0. The zero-order chi connectivity index (χ0) is 13.1. The second-order valence-electron chi connectivity index (χ2n) is 3.61. The zero-order valence-electron chi connectivity index (χ0n) is 9.70. The molecule has 0 aliphatic carbocycles. The van der Waals surface area contributed by atoms with E-state index in [1.807, 2.05) is 0 Å². The van der Waals surface area contributed by atoms with Crippen LogP contribution in [0.25, 0.3) is 0 Å². The Bertz CT molecular complexity index is 579. The van der Waals surface area contributed by atoms with Crippen LogP contribution in [0.5, 0.6) is 11.5 Å². The number of benzene rings is 2. The smallest absolute Gasteiger partial charge is 0.201 e. The maximum absolute atomic E-state index is 13.4. The van der Waals surface area contributed by atoms with Gasteiger partial charge in [0.1, 0.15) is 5.75 Å². The molecule has 0 fully saturated rings. The molecule has 0 atom stereocenters. The monoisotopic (exact) mass is 305 g/mol. The van der Waals surface area contributed by atoms with Gasteiger partial charge in [-0.1, -0.05) is 23.7 Å². The van der Waals surface area contributed by atoms with E-state index in [4.69, 9.17) is 22.1 Å². The summed E-state index contributed by atoms with van der Waals surface area (Å²) in [6.45, 7) is 0.299. The van der Waals surface area contributed by atoms with Crippen LogP contribution in [0.3, 0.4) is 0 Å². The van der Waals surface area contributed by atoms with Gasteiger partial charge in [0, 0.05) is 11.6 Å². The number of hydrogen-bond donors (Lipinski definition) is 1. The SMILES string of the molecule is Cl.NCc1ccc(Oc2cccc(F)c2F)cc1Cl. The van der Waals surface area contributed by atoms with Crippen molar-refractivity contribution < 1.29 is 13.5 Å². The molecule has 0 saturated heterocycles. The number of hydrogen-bond acceptors (Lipinski definition) is 2. The Morgan fingerprint density at radius 1 is 1.16 bits per heavy atom. The molecule has 0 aliphatic heterocycles. The van der Waals surface area contributed by atoms with Crippen LogP contribution >= 0.6 is 24.0 Å². The Morgan fingerprint density at radius 3 is 2.53 bits per heavy atom. The molecular formula is C13H11Cl2F2NO. The highest BCUT2D eigenvalue weighted by Crippen LogP contribution is 2.29. The minimum Gasteiger partial charge on any atom is -0.454 e. The second kappa shape index (κ2) is 6.70. The van der Waals surface area contributed by atoms with Gasteiger partial charge >= 0.3 is 0 Å². The molecule has 2 rings (SSSR count). The van der Waals surface area contributed by atoms with E-state index < -0.39 is 11.6 Å². The summed E-state index contributed by atoms with van der Waals surface area (Å²) in [6.07, 6.45) is 0. The van der Waals surface area contributed by atoms with E-state index in [0.717, 1.165) is 11.6 Å². The van der Waals surface area contributed by atoms with Gasteiger partial charge in [-0.3, -0.25) is 0 Å². The van der Waals surface area contributed by atoms with Crippen molar-refractivity contribution >= 4 is 24.0 Å². The third kappa shape index (κ3) is 3.56. The molecule has 2 N–H and O–H groups in total. The number of rotatable bonds is 3. The summed E-state index contributed by atoms with van der Waals surface area (Å²) >= 11 is 5.94. The molecule has 0 heterocycles. The van der Waals surface area contributed by atoms with Crippen molar-refractivity contribution in [2.45, 2.75) is 6.54 Å². The lowest BCUT2D eigenvalue weighted by Crippen LogP contribution is -1.97. The van der Waals surface area contributed by atoms with Crippen LogP contribution in [0.15, 0.2) is 36.4 Å². The van der Waals surface area contributed by atoms with E-state index in [9.17, 15) is 8.78 Å². The molecule has 102 valence electrons. The Balaban J connectivity index is 0.00000180. The van der Waals surface area contributed by atoms with E-state index >= 15 is 0 Å². The van der Waals surface area contributed by atoms with Crippen molar-refractivity contribution in [1.29, 1.82) is 0 Å². The molecule has 0 amide bonds. The van der Waals surface area contributed by atoms with Gasteiger partial charge in [-0.15, -0.1) is 12.4 Å². The normalized spacial score (nSPS) is 9.89. The van der Waals surface area contributed by atoms with Crippen molar-refractivity contribution in [3.05, 3.63) is 58.6 Å². The fourth-order valence-corrected chi connectivity index (χ4v) is 1.69. The third-order valence-electron chi connectivity index (χ3n) is 2.39. The van der Waals surface area contributed by atoms with Gasteiger partial charge in [0.25, 0.3) is 0 Å². The molecule has 19 heavy (non-hydrogen) atoms. The molecule has 0 aromatic heterocycles. The molecule has 6 heteroatoms.